The van der Waals surface area contributed by atoms with Crippen LogP contribution in [0.4, 0.5) is 5.95 Å². The molecule has 4 rings (SSSR count). The zero-order chi connectivity index (χ0) is 17.6. The average Bonchev–Trinajstić information content (AvgIpc) is 3.37. The summed E-state index contributed by atoms with van der Waals surface area (Å²) in [5, 5.41) is 9.58. The predicted molar refractivity (Wildman–Crippen MR) is 91.1 cm³/mol. The number of aromatic nitrogens is 2. The molecule has 2 aliphatic heterocycles. The summed E-state index contributed by atoms with van der Waals surface area (Å²) in [6.45, 7) is 4.15. The Balaban J connectivity index is 1.46. The SMILES string of the molecule is Cc1ccnc(N2CCC3(CC2)C[C@H](C(=O)O)N(C(=O)C2CC2)C3)n1. The molecule has 134 valence electrons. The van der Waals surface area contributed by atoms with Gasteiger partial charge in [0, 0.05) is 37.4 Å². The van der Waals surface area contributed by atoms with E-state index in [9.17, 15) is 14.7 Å². The third-order valence-electron chi connectivity index (χ3n) is 5.89. The van der Waals surface area contributed by atoms with Crippen molar-refractivity contribution in [2.45, 2.75) is 45.1 Å². The van der Waals surface area contributed by atoms with Crippen molar-refractivity contribution in [3.63, 3.8) is 0 Å². The number of nitrogens with zero attached hydrogens (tertiary/aromatic N) is 4. The topological polar surface area (TPSA) is 86.6 Å². The Morgan fingerprint density at radius 1 is 1.28 bits per heavy atom. The standard InChI is InChI=1S/C18H24N4O3/c1-12-4-7-19-17(20-12)21-8-5-18(6-9-21)10-14(16(24)25)22(11-18)15(23)13-2-3-13/h4,7,13-14H,2-3,5-6,8-11H2,1H3,(H,24,25)/t14-/m1/s1. The molecule has 1 aromatic rings. The molecule has 7 heteroatoms. The first-order valence-electron chi connectivity index (χ1n) is 9.05. The van der Waals surface area contributed by atoms with Gasteiger partial charge in [0.1, 0.15) is 6.04 Å². The predicted octanol–water partition coefficient (Wildman–Crippen LogP) is 1.47. The van der Waals surface area contributed by atoms with Gasteiger partial charge < -0.3 is 14.9 Å². The van der Waals surface area contributed by atoms with E-state index < -0.39 is 12.0 Å². The molecule has 1 aromatic heterocycles. The van der Waals surface area contributed by atoms with Crippen LogP contribution < -0.4 is 4.90 Å². The van der Waals surface area contributed by atoms with Crippen molar-refractivity contribution >= 4 is 17.8 Å². The van der Waals surface area contributed by atoms with E-state index in [4.69, 9.17) is 0 Å². The van der Waals surface area contributed by atoms with Gasteiger partial charge in [-0.3, -0.25) is 4.79 Å². The number of hydrogen-bond donors (Lipinski definition) is 1. The fraction of sp³-hybridized carbons (Fsp3) is 0.667. The van der Waals surface area contributed by atoms with Crippen LogP contribution in [-0.4, -0.2) is 57.5 Å². The van der Waals surface area contributed by atoms with Gasteiger partial charge in [-0.05, 0) is 50.5 Å². The summed E-state index contributed by atoms with van der Waals surface area (Å²) in [4.78, 5) is 36.8. The second kappa shape index (κ2) is 5.97. The van der Waals surface area contributed by atoms with Crippen molar-refractivity contribution in [1.29, 1.82) is 0 Å². The van der Waals surface area contributed by atoms with Gasteiger partial charge in [-0.25, -0.2) is 14.8 Å². The maximum Gasteiger partial charge on any atom is 0.326 e. The van der Waals surface area contributed by atoms with Crippen LogP contribution >= 0.6 is 0 Å². The van der Waals surface area contributed by atoms with Crippen LogP contribution in [0.3, 0.4) is 0 Å². The molecule has 1 atom stereocenters. The zero-order valence-corrected chi connectivity index (χ0v) is 14.5. The lowest BCUT2D eigenvalue weighted by Crippen LogP contribution is -2.43. The third kappa shape index (κ3) is 3.07. The van der Waals surface area contributed by atoms with Crippen LogP contribution in [0.1, 0.15) is 37.8 Å². The molecule has 3 heterocycles. The highest BCUT2D eigenvalue weighted by molar-refractivity contribution is 5.87. The van der Waals surface area contributed by atoms with Crippen molar-refractivity contribution in [2.24, 2.45) is 11.3 Å². The van der Waals surface area contributed by atoms with Crippen LogP contribution in [0.2, 0.25) is 0 Å². The van der Waals surface area contributed by atoms with E-state index in [1.54, 1.807) is 11.1 Å². The number of aliphatic carboxylic acids is 1. The van der Waals surface area contributed by atoms with E-state index in [-0.39, 0.29) is 17.2 Å². The summed E-state index contributed by atoms with van der Waals surface area (Å²) < 4.78 is 0. The molecular weight excluding hydrogens is 320 g/mol. The fourth-order valence-corrected chi connectivity index (χ4v) is 4.20. The van der Waals surface area contributed by atoms with Gasteiger partial charge in [0.2, 0.25) is 11.9 Å². The lowest BCUT2D eigenvalue weighted by Gasteiger charge is -2.39. The minimum absolute atomic E-state index is 0.0497. The van der Waals surface area contributed by atoms with Gasteiger partial charge >= 0.3 is 5.97 Å². The maximum atomic E-state index is 12.5. The molecule has 1 aliphatic carbocycles. The van der Waals surface area contributed by atoms with Gasteiger partial charge in [-0.15, -0.1) is 0 Å². The molecule has 0 radical (unpaired) electrons. The Morgan fingerprint density at radius 2 is 2.00 bits per heavy atom. The highest BCUT2D eigenvalue weighted by atomic mass is 16.4. The smallest absolute Gasteiger partial charge is 0.326 e. The molecule has 0 bridgehead atoms. The van der Waals surface area contributed by atoms with Crippen LogP contribution in [-0.2, 0) is 9.59 Å². The summed E-state index contributed by atoms with van der Waals surface area (Å²) in [5.41, 5.74) is 0.867. The largest absolute Gasteiger partial charge is 0.480 e. The summed E-state index contributed by atoms with van der Waals surface area (Å²) in [5.74, 6) is -0.00429. The van der Waals surface area contributed by atoms with Gasteiger partial charge in [0.25, 0.3) is 0 Å². The van der Waals surface area contributed by atoms with Gasteiger partial charge in [0.15, 0.2) is 0 Å². The minimum atomic E-state index is -0.865. The van der Waals surface area contributed by atoms with Gasteiger partial charge in [0.05, 0.1) is 0 Å². The maximum absolute atomic E-state index is 12.5. The van der Waals surface area contributed by atoms with Crippen molar-refractivity contribution in [2.75, 3.05) is 24.5 Å². The second-order valence-electron chi connectivity index (χ2n) is 7.78. The number of piperidine rings is 1. The molecule has 3 fully saturated rings. The Hall–Kier alpha value is -2.18. The number of hydrogen-bond acceptors (Lipinski definition) is 5. The Kier molecular flexibility index (Phi) is 3.89. The monoisotopic (exact) mass is 344 g/mol. The lowest BCUT2D eigenvalue weighted by atomic mass is 9.76. The molecule has 3 aliphatic rings. The number of carbonyl (C=O) groups excluding carboxylic acids is 1. The van der Waals surface area contributed by atoms with E-state index >= 15 is 0 Å². The average molecular weight is 344 g/mol. The first-order chi connectivity index (χ1) is 12.0. The summed E-state index contributed by atoms with van der Waals surface area (Å²) in [6, 6.07) is 1.22. The molecule has 1 N–H and O–H groups in total. The van der Waals surface area contributed by atoms with Crippen molar-refractivity contribution in [3.8, 4) is 0 Å². The quantitative estimate of drug-likeness (QED) is 0.893. The number of anilines is 1. The number of carboxylic acids is 1. The third-order valence-corrected chi connectivity index (χ3v) is 5.89. The molecule has 1 saturated carbocycles. The second-order valence-corrected chi connectivity index (χ2v) is 7.78. The van der Waals surface area contributed by atoms with Crippen molar-refractivity contribution in [3.05, 3.63) is 18.0 Å². The van der Waals surface area contributed by atoms with Crippen LogP contribution in [0, 0.1) is 18.3 Å². The van der Waals surface area contributed by atoms with Crippen LogP contribution in [0.15, 0.2) is 12.3 Å². The van der Waals surface area contributed by atoms with Crippen molar-refractivity contribution < 1.29 is 14.7 Å². The molecule has 0 unspecified atom stereocenters. The normalized spacial score (nSPS) is 25.4. The number of amides is 1. The number of likely N-dealkylation sites (tertiary alicyclic amines) is 1. The van der Waals surface area contributed by atoms with Crippen LogP contribution in [0.25, 0.3) is 0 Å². The van der Waals surface area contributed by atoms with E-state index in [1.807, 2.05) is 13.0 Å². The Labute approximate surface area is 147 Å². The first-order valence-corrected chi connectivity index (χ1v) is 9.05. The van der Waals surface area contributed by atoms with E-state index in [2.05, 4.69) is 14.9 Å². The number of aryl methyl sites for hydroxylation is 1. The highest BCUT2D eigenvalue weighted by Crippen LogP contribution is 2.45. The Morgan fingerprint density at radius 3 is 2.60 bits per heavy atom. The zero-order valence-electron chi connectivity index (χ0n) is 14.5. The Bertz CT molecular complexity index is 695. The molecule has 7 nitrogen and oxygen atoms in total. The van der Waals surface area contributed by atoms with Crippen LogP contribution in [0.5, 0.6) is 0 Å². The number of carbonyl (C=O) groups is 2. The van der Waals surface area contributed by atoms with E-state index in [0.717, 1.165) is 50.4 Å². The van der Waals surface area contributed by atoms with E-state index in [0.29, 0.717) is 13.0 Å². The summed E-state index contributed by atoms with van der Waals surface area (Å²) >= 11 is 0. The summed E-state index contributed by atoms with van der Waals surface area (Å²) in [6.07, 6.45) is 5.92. The molecule has 0 aromatic carbocycles. The van der Waals surface area contributed by atoms with Crippen molar-refractivity contribution in [1.82, 2.24) is 14.9 Å². The molecule has 1 amide bonds. The molecular formula is C18H24N4O3. The molecule has 2 saturated heterocycles. The molecule has 1 spiro atoms. The van der Waals surface area contributed by atoms with Gasteiger partial charge in [-0.1, -0.05) is 0 Å². The first kappa shape index (κ1) is 16.3. The minimum Gasteiger partial charge on any atom is -0.480 e. The van der Waals surface area contributed by atoms with Gasteiger partial charge in [-0.2, -0.15) is 0 Å². The molecule has 25 heavy (non-hydrogen) atoms. The number of carboxylic acid groups (broad SMARTS) is 1. The lowest BCUT2D eigenvalue weighted by molar-refractivity contribution is -0.148. The van der Waals surface area contributed by atoms with E-state index in [1.165, 1.54) is 0 Å². The number of rotatable bonds is 3. The highest BCUT2D eigenvalue weighted by Gasteiger charge is 2.51. The fourth-order valence-electron chi connectivity index (χ4n) is 4.20. The summed E-state index contributed by atoms with van der Waals surface area (Å²) in [7, 11) is 0.